The van der Waals surface area contributed by atoms with Gasteiger partial charge in [0.05, 0.1) is 0 Å². The van der Waals surface area contributed by atoms with E-state index in [4.69, 9.17) is 9.47 Å². The van der Waals surface area contributed by atoms with Crippen LogP contribution in [0, 0.1) is 0 Å². The Kier molecular flexibility index (Phi) is 6.68. The van der Waals surface area contributed by atoms with Gasteiger partial charge in [-0.3, -0.25) is 0 Å². The molecule has 11 rings (SSSR count). The zero-order valence-electron chi connectivity index (χ0n) is 28.8. The molecule has 0 aliphatic carbocycles. The molecule has 0 radical (unpaired) electrons. The van der Waals surface area contributed by atoms with Crippen molar-refractivity contribution < 1.29 is 9.47 Å². The van der Waals surface area contributed by atoms with Gasteiger partial charge in [-0.15, -0.1) is 0 Å². The van der Waals surface area contributed by atoms with Crippen molar-refractivity contribution in [1.29, 1.82) is 0 Å². The first-order valence-corrected chi connectivity index (χ1v) is 18.2. The third-order valence-corrected chi connectivity index (χ3v) is 11.0. The fourth-order valence-electron chi connectivity index (χ4n) is 8.61. The van der Waals surface area contributed by atoms with Crippen molar-refractivity contribution in [3.63, 3.8) is 0 Å². The Labute approximate surface area is 308 Å². The zero-order valence-corrected chi connectivity index (χ0v) is 28.8. The van der Waals surface area contributed by atoms with E-state index in [0.29, 0.717) is 0 Å². The van der Waals surface area contributed by atoms with Crippen LogP contribution in [0.2, 0.25) is 0 Å². The molecular formula is C50H31BO2. The van der Waals surface area contributed by atoms with E-state index in [1.54, 1.807) is 0 Å². The van der Waals surface area contributed by atoms with Crippen LogP contribution in [0.25, 0.3) is 66.1 Å². The van der Waals surface area contributed by atoms with E-state index in [1.165, 1.54) is 38.2 Å². The monoisotopic (exact) mass is 674 g/mol. The summed E-state index contributed by atoms with van der Waals surface area (Å²) >= 11 is 0. The fraction of sp³-hybridized carbons (Fsp3) is 0. The molecule has 0 saturated heterocycles. The summed E-state index contributed by atoms with van der Waals surface area (Å²) in [5.74, 6) is 3.42. The maximum absolute atomic E-state index is 6.99. The van der Waals surface area contributed by atoms with E-state index in [2.05, 4.69) is 188 Å². The normalized spacial score (nSPS) is 12.4. The minimum absolute atomic E-state index is 0.0369. The smallest absolute Gasteiger partial charge is 0.260 e. The van der Waals surface area contributed by atoms with E-state index >= 15 is 0 Å². The van der Waals surface area contributed by atoms with Gasteiger partial charge < -0.3 is 9.47 Å². The minimum atomic E-state index is -0.0369. The molecule has 2 aliphatic rings. The first kappa shape index (κ1) is 29.9. The van der Waals surface area contributed by atoms with E-state index < -0.39 is 0 Å². The molecule has 0 spiro atoms. The highest BCUT2D eigenvalue weighted by atomic mass is 16.5. The molecule has 0 unspecified atom stereocenters. The van der Waals surface area contributed by atoms with Gasteiger partial charge in [0, 0.05) is 5.46 Å². The van der Waals surface area contributed by atoms with Crippen molar-refractivity contribution in [1.82, 2.24) is 0 Å². The van der Waals surface area contributed by atoms with Crippen molar-refractivity contribution in [2.24, 2.45) is 0 Å². The van der Waals surface area contributed by atoms with E-state index in [9.17, 15) is 0 Å². The molecule has 0 saturated carbocycles. The molecule has 2 nitrogen and oxygen atoms in total. The lowest BCUT2D eigenvalue weighted by Crippen LogP contribution is -2.57. The number of rotatable bonds is 4. The molecule has 9 aromatic rings. The van der Waals surface area contributed by atoms with Gasteiger partial charge in [0.15, 0.2) is 0 Å². The second-order valence-electron chi connectivity index (χ2n) is 14.0. The van der Waals surface area contributed by atoms with Gasteiger partial charge >= 0.3 is 0 Å². The topological polar surface area (TPSA) is 18.5 Å². The van der Waals surface area contributed by atoms with Gasteiger partial charge in [-0.2, -0.15) is 0 Å². The Morgan fingerprint density at radius 2 is 0.642 bits per heavy atom. The first-order valence-electron chi connectivity index (χ1n) is 18.2. The fourth-order valence-corrected chi connectivity index (χ4v) is 8.61. The maximum Gasteiger partial charge on any atom is 0.260 e. The summed E-state index contributed by atoms with van der Waals surface area (Å²) in [6.45, 7) is -0.0369. The van der Waals surface area contributed by atoms with Gasteiger partial charge in [0.25, 0.3) is 6.71 Å². The summed E-state index contributed by atoms with van der Waals surface area (Å²) in [7, 11) is 0. The number of hydrogen-bond acceptors (Lipinski definition) is 2. The van der Waals surface area contributed by atoms with E-state index in [0.717, 1.165) is 67.2 Å². The van der Waals surface area contributed by atoms with Gasteiger partial charge in [0.2, 0.25) is 0 Å². The van der Waals surface area contributed by atoms with Gasteiger partial charge in [-0.1, -0.05) is 164 Å². The quantitative estimate of drug-likeness (QED) is 0.137. The molecule has 3 heteroatoms. The van der Waals surface area contributed by atoms with Crippen molar-refractivity contribution in [2.45, 2.75) is 0 Å². The second-order valence-corrected chi connectivity index (χ2v) is 14.0. The Morgan fingerprint density at radius 1 is 0.283 bits per heavy atom. The highest BCUT2D eigenvalue weighted by Crippen LogP contribution is 2.46. The van der Waals surface area contributed by atoms with Crippen LogP contribution in [0.5, 0.6) is 23.0 Å². The van der Waals surface area contributed by atoms with Crippen LogP contribution in [0.3, 0.4) is 0 Å². The van der Waals surface area contributed by atoms with E-state index in [-0.39, 0.29) is 6.71 Å². The highest BCUT2D eigenvalue weighted by Gasteiger charge is 2.41. The third kappa shape index (κ3) is 4.75. The van der Waals surface area contributed by atoms with Crippen molar-refractivity contribution in [2.75, 3.05) is 0 Å². The van der Waals surface area contributed by atoms with Crippen molar-refractivity contribution in [3.8, 4) is 67.5 Å². The molecule has 0 amide bonds. The van der Waals surface area contributed by atoms with Crippen LogP contribution in [0.1, 0.15) is 0 Å². The molecule has 2 heterocycles. The van der Waals surface area contributed by atoms with Crippen LogP contribution in [0.4, 0.5) is 0 Å². The summed E-state index contributed by atoms with van der Waals surface area (Å²) in [6, 6.07) is 67.2. The van der Waals surface area contributed by atoms with Gasteiger partial charge in [-0.25, -0.2) is 0 Å². The molecule has 2 aliphatic heterocycles. The Morgan fingerprint density at radius 3 is 1.08 bits per heavy atom. The molecule has 246 valence electrons. The molecule has 0 N–H and O–H groups in total. The van der Waals surface area contributed by atoms with Crippen LogP contribution in [-0.4, -0.2) is 6.71 Å². The Balaban J connectivity index is 1.17. The maximum atomic E-state index is 6.99. The lowest BCUT2D eigenvalue weighted by molar-refractivity contribution is 0.465. The zero-order chi connectivity index (χ0) is 34.9. The Hall–Kier alpha value is -6.84. The molecule has 9 aromatic carbocycles. The van der Waals surface area contributed by atoms with Crippen LogP contribution in [-0.2, 0) is 0 Å². The summed E-state index contributed by atoms with van der Waals surface area (Å²) < 4.78 is 14.0. The number of fused-ring (bicyclic) bond motifs is 6. The Bertz CT molecular complexity index is 2710. The standard InChI is InChI=1S/C50H31BO2/c1-4-14-32(15-5-1)35-24-26-42-44(28-35)52-46-30-37(31-47-50(46)51(42)43-27-25-36(29-45(43)53-47)33-16-6-2-7-17-33)49-40-22-12-10-20-38(40)48(34-18-8-3-9-19-34)39-21-11-13-23-41(39)49/h1-31H. The van der Waals surface area contributed by atoms with Gasteiger partial charge in [0.1, 0.15) is 23.0 Å². The summed E-state index contributed by atoms with van der Waals surface area (Å²) in [6.07, 6.45) is 0. The predicted molar refractivity (Wildman–Crippen MR) is 221 cm³/mol. The molecule has 53 heavy (non-hydrogen) atoms. The number of benzene rings is 9. The summed E-state index contributed by atoms with van der Waals surface area (Å²) in [5, 5.41) is 4.82. The average Bonchev–Trinajstić information content (AvgIpc) is 3.23. The van der Waals surface area contributed by atoms with Crippen LogP contribution >= 0.6 is 0 Å². The second kappa shape index (κ2) is 11.9. The van der Waals surface area contributed by atoms with Crippen LogP contribution < -0.4 is 25.9 Å². The lowest BCUT2D eigenvalue weighted by Gasteiger charge is -2.34. The van der Waals surface area contributed by atoms with Crippen molar-refractivity contribution in [3.05, 3.63) is 188 Å². The van der Waals surface area contributed by atoms with E-state index in [1.807, 2.05) is 0 Å². The third-order valence-electron chi connectivity index (χ3n) is 11.0. The van der Waals surface area contributed by atoms with Crippen molar-refractivity contribution >= 4 is 44.6 Å². The average molecular weight is 675 g/mol. The molecule has 0 bridgehead atoms. The predicted octanol–water partition coefficient (Wildman–Crippen LogP) is 11.4. The lowest BCUT2D eigenvalue weighted by atomic mass is 9.34. The summed E-state index contributed by atoms with van der Waals surface area (Å²) in [4.78, 5) is 0. The largest absolute Gasteiger partial charge is 0.458 e. The highest BCUT2D eigenvalue weighted by molar-refractivity contribution is 6.98. The minimum Gasteiger partial charge on any atom is -0.458 e. The SMILES string of the molecule is c1ccc(-c2ccc3c(c2)Oc2cc(-c4c5ccccc5c(-c5ccccc5)c5ccccc45)cc4c2B3c2ccc(-c3ccccc3)cc2O4)cc1. The molecule has 0 atom stereocenters. The summed E-state index contributed by atoms with van der Waals surface area (Å²) in [5.41, 5.74) is 12.6. The first-order chi connectivity index (χ1) is 26.3. The number of ether oxygens (including phenoxy) is 2. The molecule has 0 aromatic heterocycles. The number of hydrogen-bond donors (Lipinski definition) is 0. The molecule has 0 fully saturated rings. The molecular weight excluding hydrogens is 643 g/mol. The van der Waals surface area contributed by atoms with Crippen LogP contribution in [0.15, 0.2) is 188 Å². The van der Waals surface area contributed by atoms with Gasteiger partial charge in [-0.05, 0) is 101 Å².